The van der Waals surface area contributed by atoms with Crippen molar-refractivity contribution in [3.63, 3.8) is 0 Å². The SMILES string of the molecule is Cc1cc(N2CCN(C(=O)c3cnn(-c4ccccc4)n3)CC2)nc(C(C)C)n1. The normalized spacial score (nSPS) is 14.5. The molecule has 1 fully saturated rings. The molecule has 8 nitrogen and oxygen atoms in total. The fraction of sp³-hybridized carbons (Fsp3) is 0.381. The Morgan fingerprint density at radius 2 is 1.76 bits per heavy atom. The third-order valence-corrected chi connectivity index (χ3v) is 4.96. The van der Waals surface area contributed by atoms with E-state index in [-0.39, 0.29) is 11.8 Å². The van der Waals surface area contributed by atoms with Gasteiger partial charge in [-0.2, -0.15) is 9.90 Å². The van der Waals surface area contributed by atoms with Crippen LogP contribution in [0.15, 0.2) is 42.6 Å². The van der Waals surface area contributed by atoms with Crippen molar-refractivity contribution in [1.29, 1.82) is 0 Å². The molecule has 1 aromatic carbocycles. The molecule has 8 heteroatoms. The summed E-state index contributed by atoms with van der Waals surface area (Å²) in [6.45, 7) is 8.88. The van der Waals surface area contributed by atoms with Crippen LogP contribution in [-0.2, 0) is 0 Å². The molecule has 0 spiro atoms. The number of benzene rings is 1. The smallest absolute Gasteiger partial charge is 0.276 e. The molecule has 1 amide bonds. The van der Waals surface area contributed by atoms with Crippen molar-refractivity contribution in [3.05, 3.63) is 59.8 Å². The Morgan fingerprint density at radius 1 is 1.03 bits per heavy atom. The minimum atomic E-state index is -0.0893. The summed E-state index contributed by atoms with van der Waals surface area (Å²) in [6, 6.07) is 11.6. The highest BCUT2D eigenvalue weighted by Gasteiger charge is 2.25. The van der Waals surface area contributed by atoms with Gasteiger partial charge in [-0.05, 0) is 19.1 Å². The minimum absolute atomic E-state index is 0.0893. The van der Waals surface area contributed by atoms with Gasteiger partial charge in [-0.3, -0.25) is 4.79 Å². The molecule has 0 radical (unpaired) electrons. The fourth-order valence-electron chi connectivity index (χ4n) is 3.34. The van der Waals surface area contributed by atoms with Crippen molar-refractivity contribution in [2.75, 3.05) is 31.1 Å². The summed E-state index contributed by atoms with van der Waals surface area (Å²) in [4.78, 5) is 27.6. The third-order valence-electron chi connectivity index (χ3n) is 4.96. The number of anilines is 1. The maximum absolute atomic E-state index is 12.9. The first kappa shape index (κ1) is 19.0. The number of piperazine rings is 1. The van der Waals surface area contributed by atoms with Crippen molar-refractivity contribution in [1.82, 2.24) is 29.9 Å². The zero-order chi connectivity index (χ0) is 20.4. The van der Waals surface area contributed by atoms with Crippen molar-refractivity contribution < 1.29 is 4.79 Å². The van der Waals surface area contributed by atoms with E-state index >= 15 is 0 Å². The number of nitrogens with zero attached hydrogens (tertiary/aromatic N) is 7. The van der Waals surface area contributed by atoms with Gasteiger partial charge >= 0.3 is 0 Å². The number of para-hydroxylation sites is 1. The number of carbonyl (C=O) groups excluding carboxylic acids is 1. The van der Waals surface area contributed by atoms with Crippen LogP contribution < -0.4 is 4.90 Å². The maximum atomic E-state index is 12.9. The molecule has 0 bridgehead atoms. The first-order valence-corrected chi connectivity index (χ1v) is 9.89. The average molecular weight is 391 g/mol. The van der Waals surface area contributed by atoms with Crippen molar-refractivity contribution in [2.24, 2.45) is 0 Å². The van der Waals surface area contributed by atoms with Gasteiger partial charge in [-0.15, -0.1) is 5.10 Å². The Hall–Kier alpha value is -3.29. The predicted molar refractivity (Wildman–Crippen MR) is 110 cm³/mol. The summed E-state index contributed by atoms with van der Waals surface area (Å²) in [7, 11) is 0. The number of hydrogen-bond donors (Lipinski definition) is 0. The summed E-state index contributed by atoms with van der Waals surface area (Å²) in [5, 5.41) is 8.59. The van der Waals surface area contributed by atoms with Crippen LogP contribution in [0.5, 0.6) is 0 Å². The number of carbonyl (C=O) groups is 1. The van der Waals surface area contributed by atoms with E-state index in [1.807, 2.05) is 48.2 Å². The monoisotopic (exact) mass is 391 g/mol. The molecule has 0 saturated carbocycles. The van der Waals surface area contributed by atoms with Crippen LogP contribution in [0.4, 0.5) is 5.82 Å². The molecule has 1 aliphatic rings. The van der Waals surface area contributed by atoms with Gasteiger partial charge in [0, 0.05) is 43.9 Å². The first-order valence-electron chi connectivity index (χ1n) is 9.89. The maximum Gasteiger partial charge on any atom is 0.276 e. The Kier molecular flexibility index (Phi) is 5.24. The largest absolute Gasteiger partial charge is 0.353 e. The lowest BCUT2D eigenvalue weighted by atomic mass is 10.2. The van der Waals surface area contributed by atoms with Crippen LogP contribution in [0.3, 0.4) is 0 Å². The number of aryl methyl sites for hydroxylation is 1. The fourth-order valence-corrected chi connectivity index (χ4v) is 3.34. The topological polar surface area (TPSA) is 80.0 Å². The molecule has 0 atom stereocenters. The van der Waals surface area contributed by atoms with Crippen LogP contribution in [0.2, 0.25) is 0 Å². The lowest BCUT2D eigenvalue weighted by Gasteiger charge is -2.35. The Morgan fingerprint density at radius 3 is 2.45 bits per heavy atom. The molecule has 0 N–H and O–H groups in total. The lowest BCUT2D eigenvalue weighted by Crippen LogP contribution is -2.49. The molecule has 4 rings (SSSR count). The van der Waals surface area contributed by atoms with Crippen LogP contribution in [0.1, 0.15) is 41.8 Å². The van der Waals surface area contributed by atoms with E-state index in [2.05, 4.69) is 33.9 Å². The highest BCUT2D eigenvalue weighted by atomic mass is 16.2. The summed E-state index contributed by atoms with van der Waals surface area (Å²) in [5.41, 5.74) is 2.16. The average Bonchev–Trinajstić information content (AvgIpc) is 3.24. The van der Waals surface area contributed by atoms with Gasteiger partial charge in [0.2, 0.25) is 0 Å². The first-order chi connectivity index (χ1) is 14.0. The van der Waals surface area contributed by atoms with E-state index in [9.17, 15) is 4.79 Å². The van der Waals surface area contributed by atoms with E-state index < -0.39 is 0 Å². The molecule has 150 valence electrons. The van der Waals surface area contributed by atoms with Crippen molar-refractivity contribution >= 4 is 11.7 Å². The Labute approximate surface area is 170 Å². The summed E-state index contributed by atoms with van der Waals surface area (Å²) in [5.74, 6) is 1.98. The molecule has 0 unspecified atom stereocenters. The van der Waals surface area contributed by atoms with Gasteiger partial charge in [-0.25, -0.2) is 9.97 Å². The molecule has 2 aromatic heterocycles. The van der Waals surface area contributed by atoms with Crippen LogP contribution in [0, 0.1) is 6.92 Å². The second-order valence-electron chi connectivity index (χ2n) is 7.51. The highest BCUT2D eigenvalue weighted by molar-refractivity contribution is 5.92. The molecule has 1 saturated heterocycles. The van der Waals surface area contributed by atoms with Gasteiger partial charge in [0.1, 0.15) is 11.6 Å². The molecule has 3 aromatic rings. The minimum Gasteiger partial charge on any atom is -0.353 e. The quantitative estimate of drug-likeness (QED) is 0.680. The Bertz CT molecular complexity index is 991. The molecule has 0 aliphatic carbocycles. The van der Waals surface area contributed by atoms with Gasteiger partial charge < -0.3 is 9.80 Å². The van der Waals surface area contributed by atoms with Gasteiger partial charge in [0.15, 0.2) is 5.69 Å². The van der Waals surface area contributed by atoms with E-state index in [0.29, 0.717) is 18.8 Å². The molecular weight excluding hydrogens is 366 g/mol. The zero-order valence-corrected chi connectivity index (χ0v) is 17.0. The molecule has 1 aliphatic heterocycles. The highest BCUT2D eigenvalue weighted by Crippen LogP contribution is 2.19. The van der Waals surface area contributed by atoms with Crippen LogP contribution in [-0.4, -0.2) is 61.9 Å². The number of aromatic nitrogens is 5. The molecular formula is C21H25N7O. The van der Waals surface area contributed by atoms with Crippen molar-refractivity contribution in [2.45, 2.75) is 26.7 Å². The molecule has 3 heterocycles. The van der Waals surface area contributed by atoms with E-state index in [1.165, 1.54) is 11.0 Å². The summed E-state index contributed by atoms with van der Waals surface area (Å²) in [6.07, 6.45) is 1.53. The number of hydrogen-bond acceptors (Lipinski definition) is 6. The third kappa shape index (κ3) is 4.11. The second kappa shape index (κ2) is 7.98. The van der Waals surface area contributed by atoms with Gasteiger partial charge in [0.05, 0.1) is 11.9 Å². The van der Waals surface area contributed by atoms with Crippen LogP contribution in [0.25, 0.3) is 5.69 Å². The zero-order valence-electron chi connectivity index (χ0n) is 17.0. The number of amides is 1. The molecule has 29 heavy (non-hydrogen) atoms. The number of rotatable bonds is 4. The van der Waals surface area contributed by atoms with E-state index in [0.717, 1.165) is 36.1 Å². The van der Waals surface area contributed by atoms with Gasteiger partial charge in [-0.1, -0.05) is 32.0 Å². The van der Waals surface area contributed by atoms with E-state index in [4.69, 9.17) is 4.98 Å². The lowest BCUT2D eigenvalue weighted by molar-refractivity contribution is 0.0740. The second-order valence-corrected chi connectivity index (χ2v) is 7.51. The summed E-state index contributed by atoms with van der Waals surface area (Å²) >= 11 is 0. The van der Waals surface area contributed by atoms with Crippen molar-refractivity contribution in [3.8, 4) is 5.69 Å². The van der Waals surface area contributed by atoms with E-state index in [1.54, 1.807) is 0 Å². The van der Waals surface area contributed by atoms with Gasteiger partial charge in [0.25, 0.3) is 5.91 Å². The Balaban J connectivity index is 1.42. The standard InChI is InChI=1S/C21H25N7O/c1-15(2)20-23-16(3)13-19(24-20)26-9-11-27(12-10-26)21(29)18-14-22-28(25-18)17-7-5-4-6-8-17/h4-8,13-15H,9-12H2,1-3H3. The summed E-state index contributed by atoms with van der Waals surface area (Å²) < 4.78 is 0. The predicted octanol–water partition coefficient (Wildman–Crippen LogP) is 2.45. The van der Waals surface area contributed by atoms with Crippen LogP contribution >= 0.6 is 0 Å².